The molecule has 0 unspecified atom stereocenters. The summed E-state index contributed by atoms with van der Waals surface area (Å²) >= 11 is 5.37. The van der Waals surface area contributed by atoms with E-state index in [0.717, 1.165) is 27.5 Å². The van der Waals surface area contributed by atoms with Crippen molar-refractivity contribution < 1.29 is 0 Å². The maximum atomic E-state index is 5.37. The first-order chi connectivity index (χ1) is 10.3. The summed E-state index contributed by atoms with van der Waals surface area (Å²) in [5.74, 6) is 0. The summed E-state index contributed by atoms with van der Waals surface area (Å²) in [6.07, 6.45) is 5.99. The van der Waals surface area contributed by atoms with Gasteiger partial charge in [0.25, 0.3) is 0 Å². The van der Waals surface area contributed by atoms with Gasteiger partial charge in [0.2, 0.25) is 0 Å². The first kappa shape index (κ1) is 12.5. The Balaban J connectivity index is 1.83. The van der Waals surface area contributed by atoms with Gasteiger partial charge in [0.05, 0.1) is 16.7 Å². The Morgan fingerprint density at radius 2 is 1.86 bits per heavy atom. The topological polar surface area (TPSA) is 49.8 Å². The predicted octanol–water partition coefficient (Wildman–Crippen LogP) is 3.23. The maximum Gasteiger partial charge on any atom is 0.171 e. The number of thiocarbonyl (C=S) groups is 1. The molecule has 21 heavy (non-hydrogen) atoms. The summed E-state index contributed by atoms with van der Waals surface area (Å²) < 4.78 is 0. The first-order valence-corrected chi connectivity index (χ1v) is 7.42. The molecular formula is C16H14N4S. The van der Waals surface area contributed by atoms with Crippen molar-refractivity contribution in [1.82, 2.24) is 15.3 Å². The minimum Gasteiger partial charge on any atom is -0.360 e. The monoisotopic (exact) mass is 294 g/mol. The molecule has 0 spiro atoms. The van der Waals surface area contributed by atoms with Crippen LogP contribution in [0.3, 0.4) is 0 Å². The van der Waals surface area contributed by atoms with Gasteiger partial charge in [-0.25, -0.2) is 0 Å². The van der Waals surface area contributed by atoms with Crippen molar-refractivity contribution in [3.8, 4) is 0 Å². The molecule has 1 aliphatic rings. The standard InChI is InChI=1S/C16H14N4S/c21-16(19-10-5-6-10)20-14-9-13-11(3-1-7-17-13)12-4-2-8-18-15(12)14/h1-4,7-10H,5-6H2,(H2,19,20,21). The third-order valence-corrected chi connectivity index (χ3v) is 3.85. The zero-order chi connectivity index (χ0) is 14.2. The van der Waals surface area contributed by atoms with Crippen molar-refractivity contribution in [3.05, 3.63) is 42.7 Å². The molecule has 2 heterocycles. The third-order valence-electron chi connectivity index (χ3n) is 3.63. The number of nitrogens with one attached hydrogen (secondary N) is 2. The number of aromatic nitrogens is 2. The van der Waals surface area contributed by atoms with E-state index in [-0.39, 0.29) is 0 Å². The zero-order valence-corrected chi connectivity index (χ0v) is 12.2. The first-order valence-electron chi connectivity index (χ1n) is 7.01. The highest BCUT2D eigenvalue weighted by atomic mass is 32.1. The molecule has 0 atom stereocenters. The van der Waals surface area contributed by atoms with Crippen LogP contribution in [0.25, 0.3) is 21.8 Å². The Kier molecular flexibility index (Phi) is 2.93. The average Bonchev–Trinajstić information content (AvgIpc) is 3.31. The van der Waals surface area contributed by atoms with Gasteiger partial charge in [-0.3, -0.25) is 9.97 Å². The van der Waals surface area contributed by atoms with Gasteiger partial charge < -0.3 is 10.6 Å². The van der Waals surface area contributed by atoms with Crippen LogP contribution in [-0.4, -0.2) is 21.1 Å². The van der Waals surface area contributed by atoms with Crippen LogP contribution in [0, 0.1) is 0 Å². The van der Waals surface area contributed by atoms with Gasteiger partial charge in [0.15, 0.2) is 5.11 Å². The molecule has 2 aromatic heterocycles. The van der Waals surface area contributed by atoms with Crippen LogP contribution >= 0.6 is 12.2 Å². The SMILES string of the molecule is S=C(Nc1cc2ncccc2c2cccnc12)NC1CC1. The second-order valence-electron chi connectivity index (χ2n) is 5.27. The van der Waals surface area contributed by atoms with E-state index in [2.05, 4.69) is 32.7 Å². The molecule has 1 saturated carbocycles. The highest BCUT2D eigenvalue weighted by molar-refractivity contribution is 7.80. The quantitative estimate of drug-likeness (QED) is 0.561. The number of benzene rings is 1. The Bertz CT molecular complexity index is 842. The molecule has 1 fully saturated rings. The number of nitrogens with zero attached hydrogens (tertiary/aromatic N) is 2. The Labute approximate surface area is 127 Å². The largest absolute Gasteiger partial charge is 0.360 e. The number of fused-ring (bicyclic) bond motifs is 3. The normalized spacial score (nSPS) is 14.3. The van der Waals surface area contributed by atoms with E-state index in [1.54, 1.807) is 12.4 Å². The van der Waals surface area contributed by atoms with E-state index in [0.29, 0.717) is 11.2 Å². The maximum absolute atomic E-state index is 5.37. The van der Waals surface area contributed by atoms with Gasteiger partial charge >= 0.3 is 0 Å². The Hall–Kier alpha value is -2.27. The lowest BCUT2D eigenvalue weighted by Crippen LogP contribution is -2.30. The molecule has 0 radical (unpaired) electrons. The number of hydrogen-bond acceptors (Lipinski definition) is 3. The molecule has 3 aromatic rings. The lowest BCUT2D eigenvalue weighted by molar-refractivity contribution is 0.919. The van der Waals surface area contributed by atoms with E-state index in [9.17, 15) is 0 Å². The molecule has 5 heteroatoms. The molecule has 2 N–H and O–H groups in total. The van der Waals surface area contributed by atoms with Crippen LogP contribution in [0.5, 0.6) is 0 Å². The summed E-state index contributed by atoms with van der Waals surface area (Å²) in [7, 11) is 0. The van der Waals surface area contributed by atoms with E-state index < -0.39 is 0 Å². The average molecular weight is 294 g/mol. The lowest BCUT2D eigenvalue weighted by atomic mass is 10.1. The van der Waals surface area contributed by atoms with Crippen molar-refractivity contribution in [2.24, 2.45) is 0 Å². The second-order valence-corrected chi connectivity index (χ2v) is 5.67. The van der Waals surface area contributed by atoms with Gasteiger partial charge in [-0.2, -0.15) is 0 Å². The number of hydrogen-bond donors (Lipinski definition) is 2. The summed E-state index contributed by atoms with van der Waals surface area (Å²) in [5.41, 5.74) is 2.75. The van der Waals surface area contributed by atoms with Gasteiger partial charge in [-0.1, -0.05) is 12.1 Å². The van der Waals surface area contributed by atoms with Crippen LogP contribution in [0.1, 0.15) is 12.8 Å². The molecule has 4 nitrogen and oxygen atoms in total. The fourth-order valence-electron chi connectivity index (χ4n) is 2.47. The van der Waals surface area contributed by atoms with Gasteiger partial charge in [-0.05, 0) is 43.3 Å². The van der Waals surface area contributed by atoms with Crippen molar-refractivity contribution in [1.29, 1.82) is 0 Å². The molecule has 0 saturated heterocycles. The molecule has 0 bridgehead atoms. The molecule has 4 rings (SSSR count). The van der Waals surface area contributed by atoms with Crippen LogP contribution in [0.4, 0.5) is 5.69 Å². The second kappa shape index (κ2) is 4.93. The fraction of sp³-hybridized carbons (Fsp3) is 0.188. The van der Waals surface area contributed by atoms with Crippen molar-refractivity contribution >= 4 is 44.8 Å². The Morgan fingerprint density at radius 1 is 1.10 bits per heavy atom. The van der Waals surface area contributed by atoms with Gasteiger partial charge in [0, 0.05) is 29.2 Å². The van der Waals surface area contributed by atoms with Crippen molar-refractivity contribution in [3.63, 3.8) is 0 Å². The summed E-state index contributed by atoms with van der Waals surface area (Å²) in [6, 6.07) is 10.6. The molecule has 0 aliphatic heterocycles. The molecule has 0 amide bonds. The van der Waals surface area contributed by atoms with Crippen LogP contribution in [0.2, 0.25) is 0 Å². The third kappa shape index (κ3) is 2.40. The van der Waals surface area contributed by atoms with Gasteiger partial charge in [0.1, 0.15) is 0 Å². The van der Waals surface area contributed by atoms with Crippen LogP contribution < -0.4 is 10.6 Å². The summed E-state index contributed by atoms with van der Waals surface area (Å²) in [4.78, 5) is 8.94. The minimum atomic E-state index is 0.530. The highest BCUT2D eigenvalue weighted by Gasteiger charge is 2.22. The van der Waals surface area contributed by atoms with Crippen molar-refractivity contribution in [2.75, 3.05) is 5.32 Å². The number of pyridine rings is 2. The zero-order valence-electron chi connectivity index (χ0n) is 11.3. The molecule has 1 aromatic carbocycles. The van der Waals surface area contributed by atoms with Crippen LogP contribution in [-0.2, 0) is 0 Å². The van der Waals surface area contributed by atoms with E-state index in [4.69, 9.17) is 12.2 Å². The summed E-state index contributed by atoms with van der Waals surface area (Å²) in [5, 5.41) is 9.39. The Morgan fingerprint density at radius 3 is 2.67 bits per heavy atom. The van der Waals surface area contributed by atoms with E-state index in [1.165, 1.54) is 12.8 Å². The number of anilines is 1. The summed E-state index contributed by atoms with van der Waals surface area (Å²) in [6.45, 7) is 0. The molecular weight excluding hydrogens is 280 g/mol. The van der Waals surface area contributed by atoms with E-state index >= 15 is 0 Å². The fourth-order valence-corrected chi connectivity index (χ4v) is 2.75. The van der Waals surface area contributed by atoms with Crippen LogP contribution in [0.15, 0.2) is 42.7 Å². The predicted molar refractivity (Wildman–Crippen MR) is 89.4 cm³/mol. The van der Waals surface area contributed by atoms with E-state index in [1.807, 2.05) is 18.2 Å². The molecule has 1 aliphatic carbocycles. The smallest absolute Gasteiger partial charge is 0.171 e. The number of rotatable bonds is 2. The van der Waals surface area contributed by atoms with Gasteiger partial charge in [-0.15, -0.1) is 0 Å². The minimum absolute atomic E-state index is 0.530. The lowest BCUT2D eigenvalue weighted by Gasteiger charge is -2.13. The highest BCUT2D eigenvalue weighted by Crippen LogP contribution is 2.29. The van der Waals surface area contributed by atoms with Crippen molar-refractivity contribution in [2.45, 2.75) is 18.9 Å². The molecule has 104 valence electrons.